The number of hydrogen-bond acceptors (Lipinski definition) is 8. The van der Waals surface area contributed by atoms with Gasteiger partial charge in [-0.05, 0) is 30.0 Å². The number of nitrogens with two attached hydrogens (primary N) is 1. The maximum absolute atomic E-state index is 5.64. The molecule has 4 aromatic heterocycles. The van der Waals surface area contributed by atoms with E-state index < -0.39 is 0 Å². The third kappa shape index (κ3) is 2.77. The van der Waals surface area contributed by atoms with Gasteiger partial charge in [0.15, 0.2) is 11.5 Å². The minimum absolute atomic E-state index is 0.242. The van der Waals surface area contributed by atoms with E-state index in [9.17, 15) is 0 Å². The second-order valence-electron chi connectivity index (χ2n) is 7.71. The van der Waals surface area contributed by atoms with Crippen molar-refractivity contribution in [1.29, 1.82) is 0 Å². The molecule has 2 N–H and O–H groups in total. The maximum atomic E-state index is 5.64. The molecule has 1 saturated carbocycles. The third-order valence-corrected chi connectivity index (χ3v) is 6.01. The summed E-state index contributed by atoms with van der Waals surface area (Å²) in [7, 11) is 0. The summed E-state index contributed by atoms with van der Waals surface area (Å²) in [6.07, 6.45) is 11.8. The van der Waals surface area contributed by atoms with E-state index in [-0.39, 0.29) is 11.4 Å². The average Bonchev–Trinajstić information content (AvgIpc) is 3.42. The van der Waals surface area contributed by atoms with Crippen LogP contribution in [0.4, 0.5) is 5.95 Å². The van der Waals surface area contributed by atoms with Crippen molar-refractivity contribution in [2.75, 3.05) is 5.73 Å². The van der Waals surface area contributed by atoms with Crippen LogP contribution in [0.3, 0.4) is 0 Å². The topological polar surface area (TPSA) is 121 Å². The van der Waals surface area contributed by atoms with Gasteiger partial charge in [-0.15, -0.1) is 0 Å². The lowest BCUT2D eigenvalue weighted by Gasteiger charge is -2.39. The van der Waals surface area contributed by atoms with Crippen LogP contribution in [-0.4, -0.2) is 34.7 Å². The molecule has 152 valence electrons. The molecular formula is C22H18N8O. The number of fused-ring (bicyclic) bond motifs is 1. The molecule has 31 heavy (non-hydrogen) atoms. The zero-order valence-electron chi connectivity index (χ0n) is 16.5. The summed E-state index contributed by atoms with van der Waals surface area (Å²) in [5.74, 6) is 1.40. The number of hydrogen-bond donors (Lipinski definition) is 1. The van der Waals surface area contributed by atoms with E-state index >= 15 is 0 Å². The zero-order valence-corrected chi connectivity index (χ0v) is 16.5. The summed E-state index contributed by atoms with van der Waals surface area (Å²) in [4.78, 5) is 17.3. The van der Waals surface area contributed by atoms with Crippen LogP contribution in [0, 0.1) is 0 Å². The van der Waals surface area contributed by atoms with Gasteiger partial charge < -0.3 is 10.3 Å². The van der Waals surface area contributed by atoms with Gasteiger partial charge in [0, 0.05) is 30.4 Å². The van der Waals surface area contributed by atoms with E-state index in [1.54, 1.807) is 29.3 Å². The van der Waals surface area contributed by atoms with Gasteiger partial charge in [-0.1, -0.05) is 35.8 Å². The smallest absolute Gasteiger partial charge is 0.263 e. The predicted molar refractivity (Wildman–Crippen MR) is 113 cm³/mol. The molecule has 4 heterocycles. The van der Waals surface area contributed by atoms with Crippen LogP contribution in [0.2, 0.25) is 0 Å². The van der Waals surface area contributed by atoms with Crippen molar-refractivity contribution < 1.29 is 4.52 Å². The highest BCUT2D eigenvalue weighted by Crippen LogP contribution is 2.48. The van der Waals surface area contributed by atoms with Gasteiger partial charge >= 0.3 is 0 Å². The predicted octanol–water partition coefficient (Wildman–Crippen LogP) is 3.29. The first kappa shape index (κ1) is 17.7. The molecule has 0 saturated heterocycles. The Morgan fingerprint density at radius 2 is 1.77 bits per heavy atom. The van der Waals surface area contributed by atoms with E-state index in [2.05, 4.69) is 49.5 Å². The number of rotatable bonds is 4. The average molecular weight is 410 g/mol. The zero-order chi connectivity index (χ0) is 20.8. The highest BCUT2D eigenvalue weighted by molar-refractivity contribution is 5.70. The summed E-state index contributed by atoms with van der Waals surface area (Å²) in [6, 6.07) is 10.2. The lowest BCUT2D eigenvalue weighted by atomic mass is 9.64. The van der Waals surface area contributed by atoms with E-state index in [4.69, 9.17) is 15.2 Å². The van der Waals surface area contributed by atoms with Crippen molar-refractivity contribution >= 4 is 11.6 Å². The van der Waals surface area contributed by atoms with E-state index in [1.807, 2.05) is 12.3 Å². The van der Waals surface area contributed by atoms with Gasteiger partial charge in [0.25, 0.3) is 5.89 Å². The molecule has 0 atom stereocenters. The van der Waals surface area contributed by atoms with E-state index in [0.29, 0.717) is 17.4 Å². The highest BCUT2D eigenvalue weighted by atomic mass is 16.5. The Morgan fingerprint density at radius 1 is 0.968 bits per heavy atom. The Morgan fingerprint density at radius 3 is 2.52 bits per heavy atom. The highest BCUT2D eigenvalue weighted by Gasteiger charge is 2.44. The quantitative estimate of drug-likeness (QED) is 0.479. The first-order chi connectivity index (χ1) is 15.2. The second-order valence-corrected chi connectivity index (χ2v) is 7.71. The molecule has 0 aliphatic heterocycles. The lowest BCUT2D eigenvalue weighted by Crippen LogP contribution is -2.36. The van der Waals surface area contributed by atoms with Crippen LogP contribution in [0.15, 0.2) is 65.8 Å². The van der Waals surface area contributed by atoms with E-state index in [0.717, 1.165) is 36.0 Å². The fourth-order valence-electron chi connectivity index (χ4n) is 4.15. The Bertz CT molecular complexity index is 1370. The van der Waals surface area contributed by atoms with Gasteiger partial charge in [-0.2, -0.15) is 10.1 Å². The molecule has 6 rings (SSSR count). The number of aromatic nitrogens is 7. The molecule has 0 unspecified atom stereocenters. The Hall–Kier alpha value is -4.14. The van der Waals surface area contributed by atoms with E-state index in [1.165, 1.54) is 5.56 Å². The van der Waals surface area contributed by atoms with Crippen molar-refractivity contribution in [2.24, 2.45) is 0 Å². The Kier molecular flexibility index (Phi) is 3.82. The van der Waals surface area contributed by atoms with Crippen LogP contribution in [0.5, 0.6) is 0 Å². The van der Waals surface area contributed by atoms with Gasteiger partial charge in [0.05, 0.1) is 11.6 Å². The molecule has 0 spiro atoms. The van der Waals surface area contributed by atoms with Crippen molar-refractivity contribution in [2.45, 2.75) is 24.7 Å². The fourth-order valence-corrected chi connectivity index (χ4v) is 4.15. The molecule has 1 aliphatic carbocycles. The van der Waals surface area contributed by atoms with Crippen LogP contribution in [-0.2, 0) is 5.41 Å². The monoisotopic (exact) mass is 410 g/mol. The molecule has 9 heteroatoms. The second kappa shape index (κ2) is 6.69. The number of anilines is 1. The van der Waals surface area contributed by atoms with Crippen LogP contribution in [0.1, 0.15) is 30.7 Å². The summed E-state index contributed by atoms with van der Waals surface area (Å²) < 4.78 is 7.33. The largest absolute Gasteiger partial charge is 0.368 e. The summed E-state index contributed by atoms with van der Waals surface area (Å²) >= 11 is 0. The van der Waals surface area contributed by atoms with Crippen molar-refractivity contribution in [3.8, 4) is 22.6 Å². The molecule has 1 fully saturated rings. The normalized spacial score (nSPS) is 15.1. The van der Waals surface area contributed by atoms with Gasteiger partial charge in [-0.25, -0.2) is 19.5 Å². The molecule has 0 bridgehead atoms. The van der Waals surface area contributed by atoms with Crippen LogP contribution < -0.4 is 5.73 Å². The van der Waals surface area contributed by atoms with Crippen molar-refractivity contribution in [1.82, 2.24) is 34.7 Å². The third-order valence-electron chi connectivity index (χ3n) is 6.01. The van der Waals surface area contributed by atoms with Crippen molar-refractivity contribution in [3.05, 3.63) is 72.7 Å². The fraction of sp³-hybridized carbons (Fsp3) is 0.182. The summed E-state index contributed by atoms with van der Waals surface area (Å²) in [5.41, 5.74) is 9.89. The van der Waals surface area contributed by atoms with Gasteiger partial charge in [-0.3, -0.25) is 0 Å². The number of nitrogen functional groups attached to an aromatic ring is 1. The molecule has 9 nitrogen and oxygen atoms in total. The maximum Gasteiger partial charge on any atom is 0.263 e. The first-order valence-electron chi connectivity index (χ1n) is 10.0. The summed E-state index contributed by atoms with van der Waals surface area (Å²) in [5, 5.41) is 8.67. The molecule has 1 aliphatic rings. The summed E-state index contributed by atoms with van der Waals surface area (Å²) in [6.45, 7) is 0. The van der Waals surface area contributed by atoms with Crippen LogP contribution >= 0.6 is 0 Å². The molecule has 0 radical (unpaired) electrons. The van der Waals surface area contributed by atoms with Gasteiger partial charge in [0.2, 0.25) is 5.95 Å². The van der Waals surface area contributed by atoms with Crippen LogP contribution in [0.25, 0.3) is 28.2 Å². The first-order valence-corrected chi connectivity index (χ1v) is 10.0. The minimum Gasteiger partial charge on any atom is -0.368 e. The van der Waals surface area contributed by atoms with Crippen molar-refractivity contribution in [3.63, 3.8) is 0 Å². The van der Waals surface area contributed by atoms with Gasteiger partial charge in [0.1, 0.15) is 5.56 Å². The number of nitrogens with zero attached hydrogens (tertiary/aromatic N) is 7. The lowest BCUT2D eigenvalue weighted by molar-refractivity contribution is 0.273. The number of benzene rings is 1. The Labute approximate surface area is 177 Å². The standard InChI is InChI=1S/C22H18N8O/c23-21-25-11-15(12-26-21)14-3-5-16(6-4-14)22(7-1-8-22)20-28-19(31-29-20)17-13-27-30-10-2-9-24-18(17)30/h2-6,9-13H,1,7-8H2,(H2,23,25,26). The SMILES string of the molecule is Nc1ncc(-c2ccc(C3(c4noc(-c5cnn6cccnc56)n4)CCC3)cc2)cn1. The molecule has 0 amide bonds. The molecule has 1 aromatic carbocycles. The molecule has 5 aromatic rings. The Balaban J connectivity index is 1.35. The minimum atomic E-state index is -0.242. The molecular weight excluding hydrogens is 392 g/mol.